The molecule has 0 spiro atoms. The molecule has 1 aliphatic rings. The van der Waals surface area contributed by atoms with E-state index in [2.05, 4.69) is 9.97 Å². The fourth-order valence-electron chi connectivity index (χ4n) is 4.05. The molecule has 0 saturated heterocycles. The SMILES string of the molecule is N#Cc1cc(N(CC(F)(F)F)c2ccc(-c3ccc4nc(CS(=O)[O-])cnc4c3)cc2)cc(Cl)c1OC1CC1. The minimum absolute atomic E-state index is 0.0363. The smallest absolute Gasteiger partial charge is 0.406 e. The van der Waals surface area contributed by atoms with Crippen molar-refractivity contribution in [3.8, 4) is 22.9 Å². The molecule has 1 unspecified atom stereocenters. The van der Waals surface area contributed by atoms with Gasteiger partial charge in [0, 0.05) is 11.4 Å². The highest BCUT2D eigenvalue weighted by molar-refractivity contribution is 7.78. The van der Waals surface area contributed by atoms with Gasteiger partial charge in [0.05, 0.1) is 45.4 Å². The molecule has 0 radical (unpaired) electrons. The van der Waals surface area contributed by atoms with Crippen molar-refractivity contribution in [2.45, 2.75) is 30.9 Å². The van der Waals surface area contributed by atoms with Crippen LogP contribution in [0.3, 0.4) is 0 Å². The Kier molecular flexibility index (Phi) is 7.44. The molecule has 0 amide bonds. The number of fused-ring (bicyclic) bond motifs is 1. The first-order chi connectivity index (χ1) is 18.6. The molecule has 1 fully saturated rings. The third-order valence-electron chi connectivity index (χ3n) is 5.98. The van der Waals surface area contributed by atoms with Crippen LogP contribution in [0.1, 0.15) is 24.1 Å². The lowest BCUT2D eigenvalue weighted by molar-refractivity contribution is -0.118. The Labute approximate surface area is 229 Å². The summed E-state index contributed by atoms with van der Waals surface area (Å²) in [5.41, 5.74) is 3.30. The van der Waals surface area contributed by atoms with Crippen LogP contribution in [0.15, 0.2) is 60.8 Å². The topological polar surface area (TPSA) is 102 Å². The molecule has 200 valence electrons. The van der Waals surface area contributed by atoms with E-state index in [4.69, 9.17) is 16.3 Å². The van der Waals surface area contributed by atoms with E-state index in [9.17, 15) is 27.2 Å². The Balaban J connectivity index is 1.46. The minimum Gasteiger partial charge on any atom is -0.772 e. The van der Waals surface area contributed by atoms with Gasteiger partial charge in [0.25, 0.3) is 0 Å². The number of anilines is 2. The molecule has 1 saturated carbocycles. The molecule has 39 heavy (non-hydrogen) atoms. The third-order valence-corrected chi connectivity index (χ3v) is 6.79. The summed E-state index contributed by atoms with van der Waals surface area (Å²) < 4.78 is 68.4. The van der Waals surface area contributed by atoms with Gasteiger partial charge in [0.1, 0.15) is 12.6 Å². The minimum atomic E-state index is -4.53. The molecule has 4 aromatic rings. The van der Waals surface area contributed by atoms with E-state index >= 15 is 0 Å². The first-order valence-electron chi connectivity index (χ1n) is 11.8. The number of ether oxygens (including phenoxy) is 1. The number of rotatable bonds is 8. The summed E-state index contributed by atoms with van der Waals surface area (Å²) in [4.78, 5) is 9.62. The Bertz CT molecular complexity index is 1610. The van der Waals surface area contributed by atoms with Gasteiger partial charge in [0.2, 0.25) is 0 Å². The first-order valence-corrected chi connectivity index (χ1v) is 13.4. The maximum absolute atomic E-state index is 13.6. The summed E-state index contributed by atoms with van der Waals surface area (Å²) in [6, 6.07) is 16.4. The van der Waals surface area contributed by atoms with Gasteiger partial charge in [-0.2, -0.15) is 18.4 Å². The van der Waals surface area contributed by atoms with Gasteiger partial charge >= 0.3 is 6.18 Å². The average molecular weight is 572 g/mol. The number of nitriles is 1. The molecular weight excluding hydrogens is 553 g/mol. The van der Waals surface area contributed by atoms with Gasteiger partial charge in [-0.15, -0.1) is 0 Å². The second kappa shape index (κ2) is 10.8. The van der Waals surface area contributed by atoms with Crippen molar-refractivity contribution in [1.29, 1.82) is 5.26 Å². The van der Waals surface area contributed by atoms with Crippen LogP contribution in [-0.2, 0) is 16.8 Å². The monoisotopic (exact) mass is 571 g/mol. The van der Waals surface area contributed by atoms with E-state index in [-0.39, 0.29) is 39.6 Å². The molecule has 5 rings (SSSR count). The van der Waals surface area contributed by atoms with Gasteiger partial charge in [-0.25, -0.2) is 4.98 Å². The van der Waals surface area contributed by atoms with Crippen LogP contribution >= 0.6 is 11.6 Å². The maximum Gasteiger partial charge on any atom is 0.406 e. The van der Waals surface area contributed by atoms with E-state index in [1.54, 1.807) is 42.5 Å². The standard InChI is InChI=1S/C27H20ClF3N4O3S/c28-23-11-21(9-18(12-32)26(23)38-22-6-7-22)35(15-27(29,30)31)20-4-1-16(2-5-20)17-3-8-24-25(10-17)33-13-19(34-24)14-39(36)37/h1-5,8-11,13,22H,6-7,14-15H2,(H,36,37)/p-1. The molecule has 3 aromatic carbocycles. The first kappa shape index (κ1) is 26.9. The van der Waals surface area contributed by atoms with Crippen molar-refractivity contribution in [2.24, 2.45) is 0 Å². The zero-order valence-corrected chi connectivity index (χ0v) is 21.7. The van der Waals surface area contributed by atoms with E-state index in [0.717, 1.165) is 28.9 Å². The molecule has 1 heterocycles. The molecule has 0 N–H and O–H groups in total. The normalized spacial score (nSPS) is 14.2. The van der Waals surface area contributed by atoms with Crippen molar-refractivity contribution in [2.75, 3.05) is 11.4 Å². The van der Waals surface area contributed by atoms with Gasteiger partial charge in [0.15, 0.2) is 5.75 Å². The predicted octanol–water partition coefficient (Wildman–Crippen LogP) is 6.44. The van der Waals surface area contributed by atoms with Crippen LogP contribution in [0.4, 0.5) is 24.5 Å². The molecule has 12 heteroatoms. The van der Waals surface area contributed by atoms with Crippen molar-refractivity contribution in [3.05, 3.63) is 77.1 Å². The summed E-state index contributed by atoms with van der Waals surface area (Å²) in [5, 5.41) is 9.68. The number of alkyl halides is 3. The number of aromatic nitrogens is 2. The van der Waals surface area contributed by atoms with Gasteiger partial charge in [-0.1, -0.05) is 29.8 Å². The Morgan fingerprint density at radius 2 is 1.79 bits per heavy atom. The third kappa shape index (κ3) is 6.47. The molecule has 7 nitrogen and oxygen atoms in total. The second-order valence-electron chi connectivity index (χ2n) is 8.99. The summed E-state index contributed by atoms with van der Waals surface area (Å²) in [6.45, 7) is -1.29. The predicted molar refractivity (Wildman–Crippen MR) is 140 cm³/mol. The second-order valence-corrected chi connectivity index (χ2v) is 10.3. The average Bonchev–Trinajstić information content (AvgIpc) is 3.71. The quantitative estimate of drug-likeness (QED) is 0.224. The van der Waals surface area contributed by atoms with Crippen LogP contribution in [-0.4, -0.2) is 37.6 Å². The van der Waals surface area contributed by atoms with Crippen LogP contribution < -0.4 is 9.64 Å². The lowest BCUT2D eigenvalue weighted by Crippen LogP contribution is -2.30. The zero-order chi connectivity index (χ0) is 27.7. The zero-order valence-electron chi connectivity index (χ0n) is 20.1. The summed E-state index contributed by atoms with van der Waals surface area (Å²) in [7, 11) is 0. The molecule has 1 aromatic heterocycles. The highest BCUT2D eigenvalue weighted by Gasteiger charge is 2.33. The van der Waals surface area contributed by atoms with Crippen molar-refractivity contribution < 1.29 is 26.7 Å². The lowest BCUT2D eigenvalue weighted by atomic mass is 10.0. The van der Waals surface area contributed by atoms with Crippen molar-refractivity contribution >= 4 is 45.1 Å². The highest BCUT2D eigenvalue weighted by Crippen LogP contribution is 2.40. The van der Waals surface area contributed by atoms with E-state index < -0.39 is 23.8 Å². The number of benzene rings is 3. The number of nitrogens with zero attached hydrogens (tertiary/aromatic N) is 4. The Morgan fingerprint density at radius 1 is 1.08 bits per heavy atom. The number of hydrogen-bond acceptors (Lipinski definition) is 7. The Hall–Kier alpha value is -3.72. The van der Waals surface area contributed by atoms with Gasteiger partial charge in [-0.3, -0.25) is 9.19 Å². The largest absolute Gasteiger partial charge is 0.772 e. The number of halogens is 4. The molecular formula is C27H19ClF3N4O3S-. The van der Waals surface area contributed by atoms with E-state index in [1.165, 1.54) is 18.3 Å². The van der Waals surface area contributed by atoms with Crippen molar-refractivity contribution in [3.63, 3.8) is 0 Å². The van der Waals surface area contributed by atoms with Crippen LogP contribution in [0.2, 0.25) is 5.02 Å². The number of hydrogen-bond donors (Lipinski definition) is 0. The van der Waals surface area contributed by atoms with E-state index in [0.29, 0.717) is 16.7 Å². The molecule has 1 atom stereocenters. The van der Waals surface area contributed by atoms with Gasteiger partial charge < -0.3 is 14.2 Å². The van der Waals surface area contributed by atoms with E-state index in [1.807, 2.05) is 6.07 Å². The summed E-state index contributed by atoms with van der Waals surface area (Å²) >= 11 is 4.07. The fourth-order valence-corrected chi connectivity index (χ4v) is 4.69. The summed E-state index contributed by atoms with van der Waals surface area (Å²) in [5.74, 6) is -0.0571. The summed E-state index contributed by atoms with van der Waals surface area (Å²) in [6.07, 6.45) is -1.50. The fraction of sp³-hybridized carbons (Fsp3) is 0.222. The molecule has 0 bridgehead atoms. The van der Waals surface area contributed by atoms with Crippen LogP contribution in [0.5, 0.6) is 5.75 Å². The van der Waals surface area contributed by atoms with Gasteiger partial charge in [-0.05, 0) is 71.4 Å². The maximum atomic E-state index is 13.6. The van der Waals surface area contributed by atoms with Crippen molar-refractivity contribution in [1.82, 2.24) is 9.97 Å². The molecule has 0 aliphatic heterocycles. The Morgan fingerprint density at radius 3 is 2.44 bits per heavy atom. The molecule has 1 aliphatic carbocycles. The highest BCUT2D eigenvalue weighted by atomic mass is 35.5. The van der Waals surface area contributed by atoms with Crippen LogP contribution in [0, 0.1) is 11.3 Å². The lowest BCUT2D eigenvalue weighted by Gasteiger charge is -2.27. The van der Waals surface area contributed by atoms with Crippen LogP contribution in [0.25, 0.3) is 22.2 Å².